The molecule has 2 atom stereocenters. The van der Waals surface area contributed by atoms with Crippen LogP contribution in [0.4, 0.5) is 0 Å². The minimum Gasteiger partial charge on any atom is -0.340 e. The molecule has 28 heavy (non-hydrogen) atoms. The van der Waals surface area contributed by atoms with Gasteiger partial charge in [0.15, 0.2) is 0 Å². The van der Waals surface area contributed by atoms with E-state index in [1.54, 1.807) is 34.2 Å². The smallest absolute Gasteiger partial charge is 0.274 e. The number of rotatable bonds is 2. The van der Waals surface area contributed by atoms with E-state index in [-0.39, 0.29) is 11.8 Å². The van der Waals surface area contributed by atoms with Crippen LogP contribution in [0.15, 0.2) is 25.0 Å². The Kier molecular flexibility index (Phi) is 6.16. The Hall–Kier alpha value is -2.64. The molecule has 2 saturated heterocycles. The first-order chi connectivity index (χ1) is 13.3. The Morgan fingerprint density at radius 2 is 1.21 bits per heavy atom. The highest BCUT2D eigenvalue weighted by molar-refractivity contribution is 5.92. The van der Waals surface area contributed by atoms with E-state index in [1.165, 1.54) is 0 Å². The van der Waals surface area contributed by atoms with Gasteiger partial charge in [-0.3, -0.25) is 9.59 Å². The summed E-state index contributed by atoms with van der Waals surface area (Å²) in [5, 5.41) is 0. The summed E-state index contributed by atoms with van der Waals surface area (Å²) in [5.74, 6) is 1.38. The van der Waals surface area contributed by atoms with Crippen LogP contribution >= 0.6 is 0 Å². The van der Waals surface area contributed by atoms with Crippen LogP contribution in [0, 0.1) is 11.8 Å². The van der Waals surface area contributed by atoms with Crippen molar-refractivity contribution in [3.05, 3.63) is 36.4 Å². The summed E-state index contributed by atoms with van der Waals surface area (Å²) >= 11 is 0. The van der Waals surface area contributed by atoms with Crippen molar-refractivity contribution in [3.8, 4) is 0 Å². The lowest BCUT2D eigenvalue weighted by atomic mass is 10.2. The Morgan fingerprint density at radius 1 is 0.821 bits per heavy atom. The molecule has 2 aliphatic heterocycles. The van der Waals surface area contributed by atoms with Gasteiger partial charge in [0.1, 0.15) is 11.4 Å². The molecule has 8 nitrogen and oxygen atoms in total. The van der Waals surface area contributed by atoms with Gasteiger partial charge in [-0.05, 0) is 24.7 Å². The van der Waals surface area contributed by atoms with Gasteiger partial charge in [0.2, 0.25) is 0 Å². The third kappa shape index (κ3) is 4.79. The summed E-state index contributed by atoms with van der Waals surface area (Å²) in [6.07, 6.45) is 9.08. The number of imidazole rings is 2. The van der Waals surface area contributed by atoms with Crippen molar-refractivity contribution in [2.24, 2.45) is 25.9 Å². The zero-order valence-electron chi connectivity index (χ0n) is 17.2. The first-order valence-electron chi connectivity index (χ1n) is 9.88. The second-order valence-electron chi connectivity index (χ2n) is 8.14. The van der Waals surface area contributed by atoms with Crippen LogP contribution in [-0.4, -0.2) is 66.9 Å². The Balaban J connectivity index is 0.000000161. The average Bonchev–Trinajstić information content (AvgIpc) is 3.43. The highest BCUT2D eigenvalue weighted by atomic mass is 16.2. The van der Waals surface area contributed by atoms with Crippen LogP contribution < -0.4 is 0 Å². The molecule has 0 spiro atoms. The number of amides is 2. The van der Waals surface area contributed by atoms with Gasteiger partial charge in [0.25, 0.3) is 11.8 Å². The number of carbonyl (C=O) groups excluding carboxylic acids is 2. The lowest BCUT2D eigenvalue weighted by molar-refractivity contribution is 0.0775. The molecular formula is C20H30N6O2. The van der Waals surface area contributed by atoms with Crippen LogP contribution in [0.1, 0.15) is 47.7 Å². The fraction of sp³-hybridized carbons (Fsp3) is 0.600. The topological polar surface area (TPSA) is 76.3 Å². The Morgan fingerprint density at radius 3 is 1.46 bits per heavy atom. The van der Waals surface area contributed by atoms with E-state index in [9.17, 15) is 9.59 Å². The van der Waals surface area contributed by atoms with Crippen molar-refractivity contribution in [1.82, 2.24) is 28.9 Å². The molecule has 8 heteroatoms. The van der Waals surface area contributed by atoms with Gasteiger partial charge in [0.05, 0.1) is 12.7 Å². The summed E-state index contributed by atoms with van der Waals surface area (Å²) in [5.41, 5.74) is 1.11. The molecule has 4 heterocycles. The molecule has 2 amide bonds. The molecule has 0 aliphatic carbocycles. The van der Waals surface area contributed by atoms with Gasteiger partial charge in [-0.2, -0.15) is 0 Å². The highest BCUT2D eigenvalue weighted by Gasteiger charge is 2.26. The van der Waals surface area contributed by atoms with Gasteiger partial charge in [-0.25, -0.2) is 9.97 Å². The van der Waals surface area contributed by atoms with Crippen molar-refractivity contribution >= 4 is 11.8 Å². The third-order valence-electron chi connectivity index (χ3n) is 5.27. The molecule has 0 N–H and O–H groups in total. The monoisotopic (exact) mass is 386 g/mol. The summed E-state index contributed by atoms with van der Waals surface area (Å²) in [6, 6.07) is 0. The largest absolute Gasteiger partial charge is 0.340 e. The van der Waals surface area contributed by atoms with Crippen LogP contribution in [-0.2, 0) is 14.1 Å². The second-order valence-corrected chi connectivity index (χ2v) is 8.14. The maximum Gasteiger partial charge on any atom is 0.274 e. The second kappa shape index (κ2) is 8.58. The van der Waals surface area contributed by atoms with E-state index in [1.807, 2.05) is 23.9 Å². The molecule has 4 rings (SSSR count). The Bertz CT molecular complexity index is 758. The lowest BCUT2D eigenvalue weighted by Gasteiger charge is -2.13. The molecule has 0 aromatic carbocycles. The summed E-state index contributed by atoms with van der Waals surface area (Å²) in [6.45, 7) is 7.83. The van der Waals surface area contributed by atoms with Crippen molar-refractivity contribution in [1.29, 1.82) is 0 Å². The molecule has 2 fully saturated rings. The number of aryl methyl sites for hydroxylation is 2. The van der Waals surface area contributed by atoms with Crippen molar-refractivity contribution in [2.75, 3.05) is 26.2 Å². The van der Waals surface area contributed by atoms with E-state index in [0.29, 0.717) is 23.2 Å². The predicted molar refractivity (Wildman–Crippen MR) is 106 cm³/mol. The maximum atomic E-state index is 11.9. The fourth-order valence-corrected chi connectivity index (χ4v) is 3.61. The number of aromatic nitrogens is 4. The van der Waals surface area contributed by atoms with Gasteiger partial charge < -0.3 is 18.9 Å². The predicted octanol–water partition coefficient (Wildman–Crippen LogP) is 1.80. The first kappa shape index (κ1) is 20.1. The molecule has 0 bridgehead atoms. The van der Waals surface area contributed by atoms with Crippen LogP contribution in [0.2, 0.25) is 0 Å². The SMILES string of the molecule is C[C@H]1CCN(C(=O)c2cn(C)cn2)C1.C[C@H]1CCN(C(=O)c2cn(C)cn2)C1. The first-order valence-corrected chi connectivity index (χ1v) is 9.88. The molecule has 0 saturated carbocycles. The normalized spacial score (nSPS) is 21.6. The summed E-state index contributed by atoms with van der Waals surface area (Å²) < 4.78 is 3.60. The van der Waals surface area contributed by atoms with Crippen molar-refractivity contribution < 1.29 is 9.59 Å². The molecule has 2 aromatic heterocycles. The number of hydrogen-bond donors (Lipinski definition) is 0. The molecule has 2 aliphatic rings. The van der Waals surface area contributed by atoms with Crippen LogP contribution in [0.5, 0.6) is 0 Å². The summed E-state index contributed by atoms with van der Waals surface area (Å²) in [4.78, 5) is 35.6. The quantitative estimate of drug-likeness (QED) is 0.789. The van der Waals surface area contributed by atoms with E-state index >= 15 is 0 Å². The molecular weight excluding hydrogens is 356 g/mol. The number of likely N-dealkylation sites (tertiary alicyclic amines) is 2. The third-order valence-corrected chi connectivity index (χ3v) is 5.27. The molecule has 0 unspecified atom stereocenters. The molecule has 152 valence electrons. The Labute approximate surface area is 166 Å². The average molecular weight is 387 g/mol. The summed E-state index contributed by atoms with van der Waals surface area (Å²) in [7, 11) is 3.74. The van der Waals surface area contributed by atoms with Crippen LogP contribution in [0.3, 0.4) is 0 Å². The highest BCUT2D eigenvalue weighted by Crippen LogP contribution is 2.17. The lowest BCUT2D eigenvalue weighted by Crippen LogP contribution is -2.28. The van der Waals surface area contributed by atoms with Gasteiger partial charge >= 0.3 is 0 Å². The standard InChI is InChI=1S/2C10H15N3O/c2*1-8-3-4-13(5-8)10(14)9-6-12(2)7-11-9/h2*6-8H,3-5H2,1-2H3/t2*8-/m00/s1. The van der Waals surface area contributed by atoms with E-state index < -0.39 is 0 Å². The molecule has 2 aromatic rings. The zero-order chi connectivity index (χ0) is 20.3. The minimum atomic E-state index is 0.0648. The van der Waals surface area contributed by atoms with E-state index in [2.05, 4.69) is 23.8 Å². The van der Waals surface area contributed by atoms with E-state index in [4.69, 9.17) is 0 Å². The van der Waals surface area contributed by atoms with Crippen LogP contribution in [0.25, 0.3) is 0 Å². The molecule has 0 radical (unpaired) electrons. The van der Waals surface area contributed by atoms with Crippen molar-refractivity contribution in [3.63, 3.8) is 0 Å². The van der Waals surface area contributed by atoms with E-state index in [0.717, 1.165) is 39.0 Å². The zero-order valence-corrected chi connectivity index (χ0v) is 17.2. The van der Waals surface area contributed by atoms with Gasteiger partial charge in [-0.1, -0.05) is 13.8 Å². The van der Waals surface area contributed by atoms with Gasteiger partial charge in [-0.15, -0.1) is 0 Å². The number of hydrogen-bond acceptors (Lipinski definition) is 4. The number of nitrogens with zero attached hydrogens (tertiary/aromatic N) is 6. The minimum absolute atomic E-state index is 0.0648. The maximum absolute atomic E-state index is 11.9. The van der Waals surface area contributed by atoms with Crippen molar-refractivity contribution in [2.45, 2.75) is 26.7 Å². The number of carbonyl (C=O) groups is 2. The van der Waals surface area contributed by atoms with Gasteiger partial charge in [0, 0.05) is 52.7 Å². The fourth-order valence-electron chi connectivity index (χ4n) is 3.61.